The molecule has 0 radical (unpaired) electrons. The summed E-state index contributed by atoms with van der Waals surface area (Å²) in [4.78, 5) is 12.5. The Kier molecular flexibility index (Phi) is 4.42. The van der Waals surface area contributed by atoms with Crippen LogP contribution in [0.4, 0.5) is 0 Å². The molecule has 0 unspecified atom stereocenters. The second-order valence-corrected chi connectivity index (χ2v) is 5.75. The smallest absolute Gasteiger partial charge is 0.192 e. The van der Waals surface area contributed by atoms with Crippen molar-refractivity contribution in [3.8, 4) is 11.1 Å². The molecular formula is C20H20O3. The van der Waals surface area contributed by atoms with Crippen molar-refractivity contribution in [2.24, 2.45) is 0 Å². The van der Waals surface area contributed by atoms with Crippen molar-refractivity contribution in [1.82, 2.24) is 0 Å². The van der Waals surface area contributed by atoms with Gasteiger partial charge in [-0.2, -0.15) is 0 Å². The minimum Gasteiger partial charge on any atom is -0.365 e. The summed E-state index contributed by atoms with van der Waals surface area (Å²) in [5, 5.41) is 9.82. The molecule has 1 aliphatic rings. The van der Waals surface area contributed by atoms with Crippen molar-refractivity contribution in [2.45, 2.75) is 31.7 Å². The van der Waals surface area contributed by atoms with E-state index < -0.39 is 11.9 Å². The number of carbonyl (C=O) groups is 1. The third-order valence-corrected chi connectivity index (χ3v) is 4.19. The van der Waals surface area contributed by atoms with Crippen LogP contribution in [0.1, 0.15) is 25.3 Å². The van der Waals surface area contributed by atoms with Crippen LogP contribution in [0, 0.1) is 0 Å². The maximum atomic E-state index is 12.5. The number of ether oxygens (including phenoxy) is 1. The Balaban J connectivity index is 1.98. The number of benzene rings is 2. The monoisotopic (exact) mass is 308 g/mol. The number of hydrogen-bond acceptors (Lipinski definition) is 3. The molecule has 23 heavy (non-hydrogen) atoms. The van der Waals surface area contributed by atoms with Crippen LogP contribution in [-0.2, 0) is 15.1 Å². The van der Waals surface area contributed by atoms with Crippen LogP contribution in [0.15, 0.2) is 66.7 Å². The molecule has 0 spiro atoms. The molecule has 1 N–H and O–H groups in total. The first kappa shape index (κ1) is 15.7. The third kappa shape index (κ3) is 2.98. The number of aliphatic hydroxyl groups excluding tert-OH is 1. The number of ketones is 1. The number of hydrogen-bond donors (Lipinski definition) is 1. The molecule has 0 saturated carbocycles. The SMILES string of the molecule is CCC[C@]1(c2ccc(-c3ccccc3)cc2)O[C@@H](O)C=CC1=O. The zero-order valence-corrected chi connectivity index (χ0v) is 13.1. The molecule has 1 heterocycles. The first-order valence-corrected chi connectivity index (χ1v) is 7.90. The highest BCUT2D eigenvalue weighted by Crippen LogP contribution is 2.37. The van der Waals surface area contributed by atoms with Gasteiger partial charge in [-0.25, -0.2) is 0 Å². The zero-order chi connectivity index (χ0) is 16.3. The summed E-state index contributed by atoms with van der Waals surface area (Å²) in [7, 11) is 0. The largest absolute Gasteiger partial charge is 0.365 e. The molecule has 0 aromatic heterocycles. The van der Waals surface area contributed by atoms with Crippen molar-refractivity contribution in [3.05, 3.63) is 72.3 Å². The lowest BCUT2D eigenvalue weighted by molar-refractivity contribution is -0.184. The summed E-state index contributed by atoms with van der Waals surface area (Å²) in [5.41, 5.74) is 1.91. The van der Waals surface area contributed by atoms with Gasteiger partial charge >= 0.3 is 0 Å². The lowest BCUT2D eigenvalue weighted by atomic mass is 9.83. The molecule has 118 valence electrons. The van der Waals surface area contributed by atoms with Gasteiger partial charge < -0.3 is 9.84 Å². The van der Waals surface area contributed by atoms with Gasteiger partial charge in [-0.3, -0.25) is 4.79 Å². The van der Waals surface area contributed by atoms with Crippen molar-refractivity contribution in [2.75, 3.05) is 0 Å². The van der Waals surface area contributed by atoms with E-state index in [2.05, 4.69) is 0 Å². The number of rotatable bonds is 4. The Morgan fingerprint density at radius 1 is 1.04 bits per heavy atom. The Hall–Kier alpha value is -2.23. The second-order valence-electron chi connectivity index (χ2n) is 5.75. The van der Waals surface area contributed by atoms with E-state index in [9.17, 15) is 9.90 Å². The fourth-order valence-electron chi connectivity index (χ4n) is 3.06. The van der Waals surface area contributed by atoms with Gasteiger partial charge in [-0.1, -0.05) is 67.9 Å². The van der Waals surface area contributed by atoms with Gasteiger partial charge in [0.2, 0.25) is 0 Å². The standard InChI is InChI=1S/C20H20O3/c1-2-14-20(18(21)12-13-19(22)23-20)17-10-8-16(9-11-17)15-6-4-3-5-7-15/h3-13,19,22H,2,14H2,1H3/t19-,20-/m1/s1. The highest BCUT2D eigenvalue weighted by molar-refractivity contribution is 5.98. The van der Waals surface area contributed by atoms with E-state index in [1.165, 1.54) is 12.2 Å². The highest BCUT2D eigenvalue weighted by Gasteiger charge is 2.42. The molecule has 3 nitrogen and oxygen atoms in total. The Labute approximate surface area is 136 Å². The molecular weight excluding hydrogens is 288 g/mol. The predicted octanol–water partition coefficient (Wildman–Crippen LogP) is 3.82. The van der Waals surface area contributed by atoms with Crippen LogP contribution in [0.3, 0.4) is 0 Å². The molecule has 2 atom stereocenters. The van der Waals surface area contributed by atoms with Crippen LogP contribution in [0.25, 0.3) is 11.1 Å². The summed E-state index contributed by atoms with van der Waals surface area (Å²) >= 11 is 0. The summed E-state index contributed by atoms with van der Waals surface area (Å²) in [5.74, 6) is -0.114. The average Bonchev–Trinajstić information content (AvgIpc) is 2.59. The van der Waals surface area contributed by atoms with Crippen molar-refractivity contribution in [3.63, 3.8) is 0 Å². The van der Waals surface area contributed by atoms with Crippen molar-refractivity contribution >= 4 is 5.78 Å². The van der Waals surface area contributed by atoms with E-state index >= 15 is 0 Å². The van der Waals surface area contributed by atoms with Gasteiger partial charge in [0.1, 0.15) is 0 Å². The van der Waals surface area contributed by atoms with Gasteiger partial charge in [-0.05, 0) is 35.3 Å². The third-order valence-electron chi connectivity index (χ3n) is 4.19. The average molecular weight is 308 g/mol. The molecule has 0 fully saturated rings. The molecule has 0 aliphatic carbocycles. The van der Waals surface area contributed by atoms with E-state index in [0.29, 0.717) is 6.42 Å². The maximum Gasteiger partial charge on any atom is 0.192 e. The Bertz CT molecular complexity index is 703. The first-order chi connectivity index (χ1) is 11.2. The van der Waals surface area contributed by atoms with Crippen LogP contribution in [0.5, 0.6) is 0 Å². The molecule has 0 bridgehead atoms. The second kappa shape index (κ2) is 6.49. The van der Waals surface area contributed by atoms with E-state index in [1.54, 1.807) is 0 Å². The maximum absolute atomic E-state index is 12.5. The highest BCUT2D eigenvalue weighted by atomic mass is 16.6. The van der Waals surface area contributed by atoms with Crippen LogP contribution in [-0.4, -0.2) is 17.2 Å². The van der Waals surface area contributed by atoms with Crippen LogP contribution < -0.4 is 0 Å². The molecule has 2 aromatic rings. The summed E-state index contributed by atoms with van der Waals surface area (Å²) in [6.45, 7) is 2.00. The van der Waals surface area contributed by atoms with E-state index in [-0.39, 0.29) is 5.78 Å². The first-order valence-electron chi connectivity index (χ1n) is 7.90. The van der Waals surface area contributed by atoms with E-state index in [0.717, 1.165) is 23.1 Å². The van der Waals surface area contributed by atoms with Gasteiger partial charge in [0.15, 0.2) is 17.7 Å². The number of aliphatic hydroxyl groups is 1. The topological polar surface area (TPSA) is 46.5 Å². The lowest BCUT2D eigenvalue weighted by Gasteiger charge is -2.35. The molecule has 2 aromatic carbocycles. The summed E-state index contributed by atoms with van der Waals surface area (Å²) in [6, 6.07) is 17.9. The van der Waals surface area contributed by atoms with Gasteiger partial charge in [-0.15, -0.1) is 0 Å². The molecule has 1 aliphatic heterocycles. The lowest BCUT2D eigenvalue weighted by Crippen LogP contribution is -2.43. The van der Waals surface area contributed by atoms with Gasteiger partial charge in [0, 0.05) is 0 Å². The van der Waals surface area contributed by atoms with Gasteiger partial charge in [0.25, 0.3) is 0 Å². The number of carbonyl (C=O) groups excluding carboxylic acids is 1. The van der Waals surface area contributed by atoms with Crippen LogP contribution >= 0.6 is 0 Å². The normalized spacial score (nSPS) is 23.9. The predicted molar refractivity (Wildman–Crippen MR) is 89.7 cm³/mol. The zero-order valence-electron chi connectivity index (χ0n) is 13.1. The fraction of sp³-hybridized carbons (Fsp3) is 0.250. The van der Waals surface area contributed by atoms with Crippen LogP contribution in [0.2, 0.25) is 0 Å². The molecule has 3 rings (SSSR count). The minimum absolute atomic E-state index is 0.114. The summed E-state index contributed by atoms with van der Waals surface area (Å²) in [6.07, 6.45) is 3.09. The van der Waals surface area contributed by atoms with E-state index in [4.69, 9.17) is 4.74 Å². The quantitative estimate of drug-likeness (QED) is 0.934. The van der Waals surface area contributed by atoms with Gasteiger partial charge in [0.05, 0.1) is 0 Å². The molecule has 0 saturated heterocycles. The van der Waals surface area contributed by atoms with Crippen molar-refractivity contribution in [1.29, 1.82) is 0 Å². The Morgan fingerprint density at radius 3 is 2.35 bits per heavy atom. The minimum atomic E-state index is -1.09. The van der Waals surface area contributed by atoms with Crippen molar-refractivity contribution < 1.29 is 14.6 Å². The van der Waals surface area contributed by atoms with E-state index in [1.807, 2.05) is 61.5 Å². The Morgan fingerprint density at radius 2 is 1.70 bits per heavy atom. The molecule has 3 heteroatoms. The summed E-state index contributed by atoms with van der Waals surface area (Å²) < 4.78 is 5.68. The fourth-order valence-corrected chi connectivity index (χ4v) is 3.06. The molecule has 0 amide bonds.